The fourth-order valence-corrected chi connectivity index (χ4v) is 2.64. The lowest BCUT2D eigenvalue weighted by Gasteiger charge is -2.08. The first-order valence-electron chi connectivity index (χ1n) is 6.05. The molecule has 0 saturated heterocycles. The maximum absolute atomic E-state index is 11.7. The first kappa shape index (κ1) is 13.5. The minimum absolute atomic E-state index is 0.166. The van der Waals surface area contributed by atoms with Gasteiger partial charge in [0.05, 0.1) is 12.1 Å². The Hall–Kier alpha value is -1.89. The van der Waals surface area contributed by atoms with Crippen LogP contribution in [-0.2, 0) is 19.4 Å². The number of nitrogens with one attached hydrogen (secondary N) is 1. The number of aromatic hydroxyl groups is 1. The van der Waals surface area contributed by atoms with Crippen molar-refractivity contribution in [2.45, 2.75) is 33.2 Å². The molecule has 0 saturated carbocycles. The third-order valence-electron chi connectivity index (χ3n) is 2.86. The largest absolute Gasteiger partial charge is 0.494 e. The van der Waals surface area contributed by atoms with Crippen molar-refractivity contribution in [2.24, 2.45) is 0 Å². The summed E-state index contributed by atoms with van der Waals surface area (Å²) in [4.78, 5) is 30.8. The predicted octanol–water partition coefficient (Wildman–Crippen LogP) is 0.872. The molecule has 2 rings (SSSR count). The zero-order valence-corrected chi connectivity index (χ0v) is 11.6. The molecule has 0 aliphatic carbocycles. The Morgan fingerprint density at radius 3 is 2.68 bits per heavy atom. The van der Waals surface area contributed by atoms with Gasteiger partial charge in [0.15, 0.2) is 0 Å². The van der Waals surface area contributed by atoms with Crippen molar-refractivity contribution in [3.8, 4) is 5.88 Å². The molecule has 0 aliphatic heterocycles. The number of H-pyrrole nitrogens is 1. The van der Waals surface area contributed by atoms with Crippen molar-refractivity contribution in [2.75, 3.05) is 0 Å². The third kappa shape index (κ3) is 2.60. The molecule has 0 spiro atoms. The number of thiazole rings is 1. The highest BCUT2D eigenvalue weighted by atomic mass is 32.1. The fourth-order valence-electron chi connectivity index (χ4n) is 1.79. The molecule has 0 bridgehead atoms. The topological polar surface area (TPSA) is 88.0 Å². The quantitative estimate of drug-likeness (QED) is 0.870. The standard InChI is InChI=1S/C12H15N3O3S/c1-3-7-5-13-9(19-7)6-15-11(17)8(4-2)10(16)14-12(15)18/h5,17H,3-4,6H2,1-2H3,(H,14,16,18). The molecule has 102 valence electrons. The lowest BCUT2D eigenvalue weighted by molar-refractivity contribution is 0.402. The lowest BCUT2D eigenvalue weighted by atomic mass is 10.2. The van der Waals surface area contributed by atoms with Crippen molar-refractivity contribution in [1.29, 1.82) is 0 Å². The van der Waals surface area contributed by atoms with Gasteiger partial charge in [-0.2, -0.15) is 0 Å². The first-order valence-corrected chi connectivity index (χ1v) is 6.87. The molecular weight excluding hydrogens is 266 g/mol. The normalized spacial score (nSPS) is 10.8. The number of hydrogen-bond acceptors (Lipinski definition) is 5. The Bertz CT molecular complexity index is 699. The van der Waals surface area contributed by atoms with E-state index in [1.807, 2.05) is 6.92 Å². The molecule has 0 unspecified atom stereocenters. The highest BCUT2D eigenvalue weighted by molar-refractivity contribution is 7.11. The van der Waals surface area contributed by atoms with Crippen LogP contribution in [0.2, 0.25) is 0 Å². The van der Waals surface area contributed by atoms with Gasteiger partial charge in [0.25, 0.3) is 5.56 Å². The Kier molecular flexibility index (Phi) is 3.84. The summed E-state index contributed by atoms with van der Waals surface area (Å²) < 4.78 is 1.14. The fraction of sp³-hybridized carbons (Fsp3) is 0.417. The molecule has 7 heteroatoms. The highest BCUT2D eigenvalue weighted by Gasteiger charge is 2.13. The molecule has 0 atom stereocenters. The van der Waals surface area contributed by atoms with E-state index in [0.29, 0.717) is 6.42 Å². The van der Waals surface area contributed by atoms with Gasteiger partial charge in [-0.05, 0) is 12.8 Å². The molecule has 0 fully saturated rings. The Morgan fingerprint density at radius 2 is 2.11 bits per heavy atom. The van der Waals surface area contributed by atoms with E-state index in [-0.39, 0.29) is 18.0 Å². The van der Waals surface area contributed by atoms with Crippen molar-refractivity contribution >= 4 is 11.3 Å². The van der Waals surface area contributed by atoms with Crippen molar-refractivity contribution in [1.82, 2.24) is 14.5 Å². The van der Waals surface area contributed by atoms with Crippen LogP contribution in [0.4, 0.5) is 0 Å². The lowest BCUT2D eigenvalue weighted by Crippen LogP contribution is -2.32. The number of hydrogen-bond donors (Lipinski definition) is 2. The minimum Gasteiger partial charge on any atom is -0.494 e. The van der Waals surface area contributed by atoms with Crippen LogP contribution < -0.4 is 11.2 Å². The van der Waals surface area contributed by atoms with Crippen LogP contribution in [0.25, 0.3) is 0 Å². The average molecular weight is 281 g/mol. The first-order chi connectivity index (χ1) is 9.06. The zero-order valence-electron chi connectivity index (χ0n) is 10.8. The second-order valence-corrected chi connectivity index (χ2v) is 5.27. The molecular formula is C12H15N3O3S. The van der Waals surface area contributed by atoms with Gasteiger partial charge >= 0.3 is 5.69 Å². The van der Waals surface area contributed by atoms with E-state index in [2.05, 4.69) is 9.97 Å². The van der Waals surface area contributed by atoms with Crippen LogP contribution in [0.1, 0.15) is 29.3 Å². The van der Waals surface area contributed by atoms with Gasteiger partial charge in [-0.25, -0.2) is 9.78 Å². The van der Waals surface area contributed by atoms with E-state index in [1.165, 1.54) is 11.3 Å². The van der Waals surface area contributed by atoms with Crippen LogP contribution in [0.3, 0.4) is 0 Å². The second kappa shape index (κ2) is 5.40. The SMILES string of the molecule is CCc1cnc(Cn2c(O)c(CC)c(=O)[nH]c2=O)s1. The Labute approximate surface area is 113 Å². The molecule has 6 nitrogen and oxygen atoms in total. The highest BCUT2D eigenvalue weighted by Crippen LogP contribution is 2.17. The Morgan fingerprint density at radius 1 is 1.37 bits per heavy atom. The van der Waals surface area contributed by atoms with Crippen molar-refractivity contribution < 1.29 is 5.11 Å². The molecule has 0 amide bonds. The molecule has 0 aliphatic rings. The average Bonchev–Trinajstić information content (AvgIpc) is 2.82. The van der Waals surface area contributed by atoms with Crippen LogP contribution in [-0.4, -0.2) is 19.6 Å². The summed E-state index contributed by atoms with van der Waals surface area (Å²) in [6, 6.07) is 0. The monoisotopic (exact) mass is 281 g/mol. The second-order valence-electron chi connectivity index (χ2n) is 4.08. The van der Waals surface area contributed by atoms with E-state index in [0.717, 1.165) is 20.9 Å². The van der Waals surface area contributed by atoms with Crippen LogP contribution >= 0.6 is 11.3 Å². The molecule has 0 aromatic carbocycles. The van der Waals surface area contributed by atoms with E-state index in [9.17, 15) is 14.7 Å². The Balaban J connectivity index is 2.45. The van der Waals surface area contributed by atoms with Gasteiger partial charge < -0.3 is 5.11 Å². The number of nitrogens with zero attached hydrogens (tertiary/aromatic N) is 2. The van der Waals surface area contributed by atoms with E-state index in [4.69, 9.17) is 0 Å². The van der Waals surface area contributed by atoms with Gasteiger partial charge in [0.1, 0.15) is 5.01 Å². The van der Waals surface area contributed by atoms with Crippen molar-refractivity contribution in [3.05, 3.63) is 42.5 Å². The number of aryl methyl sites for hydroxylation is 1. The predicted molar refractivity (Wildman–Crippen MR) is 73.0 cm³/mol. The molecule has 2 aromatic heterocycles. The number of rotatable bonds is 4. The summed E-state index contributed by atoms with van der Waals surface area (Å²) in [5.41, 5.74) is -0.936. The van der Waals surface area contributed by atoms with Crippen molar-refractivity contribution in [3.63, 3.8) is 0 Å². The van der Waals surface area contributed by atoms with Crippen LogP contribution in [0.5, 0.6) is 5.88 Å². The van der Waals surface area contributed by atoms with Crippen LogP contribution in [0.15, 0.2) is 15.8 Å². The third-order valence-corrected chi connectivity index (χ3v) is 3.99. The minimum atomic E-state index is -0.618. The van der Waals surface area contributed by atoms with Gasteiger partial charge in [-0.1, -0.05) is 13.8 Å². The number of aromatic amines is 1. The summed E-state index contributed by atoms with van der Waals surface area (Å²) in [6.45, 7) is 3.94. The molecule has 19 heavy (non-hydrogen) atoms. The van der Waals surface area contributed by atoms with Gasteiger partial charge in [-0.3, -0.25) is 14.3 Å². The summed E-state index contributed by atoms with van der Waals surface area (Å²) in [6.07, 6.45) is 3.00. The van der Waals surface area contributed by atoms with Gasteiger partial charge in [0.2, 0.25) is 5.88 Å². The summed E-state index contributed by atoms with van der Waals surface area (Å²) in [7, 11) is 0. The van der Waals surface area contributed by atoms with Gasteiger partial charge in [-0.15, -0.1) is 11.3 Å². The maximum atomic E-state index is 11.7. The molecule has 2 N–H and O–H groups in total. The maximum Gasteiger partial charge on any atom is 0.331 e. The summed E-state index contributed by atoms with van der Waals surface area (Å²) in [5.74, 6) is -0.274. The molecule has 0 radical (unpaired) electrons. The van der Waals surface area contributed by atoms with Gasteiger partial charge in [0, 0.05) is 11.1 Å². The smallest absolute Gasteiger partial charge is 0.331 e. The zero-order chi connectivity index (χ0) is 14.0. The summed E-state index contributed by atoms with van der Waals surface area (Å²) in [5, 5.41) is 10.7. The van der Waals surface area contributed by atoms with E-state index < -0.39 is 11.2 Å². The molecule has 2 heterocycles. The molecule has 2 aromatic rings. The number of aromatic nitrogens is 3. The van der Waals surface area contributed by atoms with Crippen LogP contribution in [0, 0.1) is 0 Å². The summed E-state index contributed by atoms with van der Waals surface area (Å²) >= 11 is 1.49. The van der Waals surface area contributed by atoms with E-state index in [1.54, 1.807) is 13.1 Å². The van der Waals surface area contributed by atoms with E-state index >= 15 is 0 Å².